The van der Waals surface area contributed by atoms with Crippen molar-refractivity contribution in [1.82, 2.24) is 0 Å². The standard InChI is InChI=1S/C13H16FNO2/c1-16-12-5-4-9(7-11(12)14)13(15)10-3-2-6-17-8-10/h4-5,7-8,13H,2-3,6,15H2,1H3. The van der Waals surface area contributed by atoms with Crippen LogP contribution in [0.5, 0.6) is 5.75 Å². The van der Waals surface area contributed by atoms with Crippen molar-refractivity contribution in [2.24, 2.45) is 5.73 Å². The first-order chi connectivity index (χ1) is 8.22. The maximum Gasteiger partial charge on any atom is 0.165 e. The van der Waals surface area contributed by atoms with Crippen LogP contribution in [0, 0.1) is 5.82 Å². The number of rotatable bonds is 3. The van der Waals surface area contributed by atoms with E-state index in [1.54, 1.807) is 18.4 Å². The summed E-state index contributed by atoms with van der Waals surface area (Å²) in [5, 5.41) is 0. The lowest BCUT2D eigenvalue weighted by atomic mass is 9.96. The van der Waals surface area contributed by atoms with E-state index in [4.69, 9.17) is 15.2 Å². The van der Waals surface area contributed by atoms with Gasteiger partial charge in [-0.2, -0.15) is 0 Å². The van der Waals surface area contributed by atoms with Gasteiger partial charge >= 0.3 is 0 Å². The third kappa shape index (κ3) is 2.58. The van der Waals surface area contributed by atoms with Gasteiger partial charge in [0.25, 0.3) is 0 Å². The minimum Gasteiger partial charge on any atom is -0.501 e. The normalized spacial score (nSPS) is 17.0. The Morgan fingerprint density at radius 1 is 1.47 bits per heavy atom. The fraction of sp³-hybridized carbons (Fsp3) is 0.385. The highest BCUT2D eigenvalue weighted by molar-refractivity contribution is 5.34. The minimum atomic E-state index is -0.391. The van der Waals surface area contributed by atoms with E-state index in [9.17, 15) is 4.39 Å². The molecule has 1 aromatic carbocycles. The molecule has 92 valence electrons. The van der Waals surface area contributed by atoms with Gasteiger partial charge in [0.2, 0.25) is 0 Å². The number of benzene rings is 1. The second kappa shape index (κ2) is 5.19. The quantitative estimate of drug-likeness (QED) is 0.878. The first-order valence-electron chi connectivity index (χ1n) is 5.62. The lowest BCUT2D eigenvalue weighted by molar-refractivity contribution is 0.221. The Bertz CT molecular complexity index is 431. The Morgan fingerprint density at radius 2 is 2.29 bits per heavy atom. The monoisotopic (exact) mass is 237 g/mol. The van der Waals surface area contributed by atoms with Gasteiger partial charge in [0.05, 0.1) is 26.0 Å². The van der Waals surface area contributed by atoms with E-state index < -0.39 is 5.82 Å². The number of hydrogen-bond acceptors (Lipinski definition) is 3. The van der Waals surface area contributed by atoms with E-state index in [0.717, 1.165) is 30.6 Å². The fourth-order valence-electron chi connectivity index (χ4n) is 1.90. The molecule has 1 aliphatic heterocycles. The molecule has 0 aromatic heterocycles. The van der Waals surface area contributed by atoms with Gasteiger partial charge in [-0.05, 0) is 36.1 Å². The molecule has 0 saturated heterocycles. The van der Waals surface area contributed by atoms with Crippen LogP contribution in [0.25, 0.3) is 0 Å². The summed E-state index contributed by atoms with van der Waals surface area (Å²) >= 11 is 0. The van der Waals surface area contributed by atoms with Crippen molar-refractivity contribution < 1.29 is 13.9 Å². The Labute approximate surface area is 100 Å². The molecule has 1 aromatic rings. The van der Waals surface area contributed by atoms with Crippen LogP contribution in [0.1, 0.15) is 24.4 Å². The van der Waals surface area contributed by atoms with Crippen molar-refractivity contribution in [1.29, 1.82) is 0 Å². The highest BCUT2D eigenvalue weighted by Gasteiger charge is 2.16. The summed E-state index contributed by atoms with van der Waals surface area (Å²) in [6, 6.07) is 4.48. The van der Waals surface area contributed by atoms with Crippen LogP contribution in [-0.2, 0) is 4.74 Å². The van der Waals surface area contributed by atoms with Gasteiger partial charge in [0, 0.05) is 0 Å². The summed E-state index contributed by atoms with van der Waals surface area (Å²) in [7, 11) is 1.44. The predicted octanol–water partition coefficient (Wildman–Crippen LogP) is 2.53. The van der Waals surface area contributed by atoms with Gasteiger partial charge in [-0.25, -0.2) is 4.39 Å². The number of hydrogen-bond donors (Lipinski definition) is 1. The first kappa shape index (κ1) is 11.9. The van der Waals surface area contributed by atoms with Gasteiger partial charge in [-0.3, -0.25) is 0 Å². The third-order valence-electron chi connectivity index (χ3n) is 2.90. The minimum absolute atomic E-state index is 0.231. The Morgan fingerprint density at radius 3 is 2.88 bits per heavy atom. The molecule has 0 amide bonds. The zero-order valence-electron chi connectivity index (χ0n) is 9.78. The van der Waals surface area contributed by atoms with Crippen molar-refractivity contribution in [2.45, 2.75) is 18.9 Å². The van der Waals surface area contributed by atoms with Crippen molar-refractivity contribution >= 4 is 0 Å². The molecule has 0 aliphatic carbocycles. The number of ether oxygens (including phenoxy) is 2. The average Bonchev–Trinajstić information content (AvgIpc) is 2.39. The summed E-state index contributed by atoms with van der Waals surface area (Å²) in [4.78, 5) is 0. The molecule has 1 aliphatic rings. The molecule has 4 heteroatoms. The van der Waals surface area contributed by atoms with Crippen LogP contribution in [-0.4, -0.2) is 13.7 Å². The molecule has 1 atom stereocenters. The van der Waals surface area contributed by atoms with E-state index in [-0.39, 0.29) is 11.8 Å². The van der Waals surface area contributed by atoms with E-state index >= 15 is 0 Å². The second-order valence-corrected chi connectivity index (χ2v) is 4.04. The molecule has 3 nitrogen and oxygen atoms in total. The lowest BCUT2D eigenvalue weighted by Gasteiger charge is -2.20. The topological polar surface area (TPSA) is 44.5 Å². The smallest absolute Gasteiger partial charge is 0.165 e. The molecule has 0 bridgehead atoms. The first-order valence-corrected chi connectivity index (χ1v) is 5.62. The van der Waals surface area contributed by atoms with Gasteiger partial charge in [0.1, 0.15) is 0 Å². The maximum atomic E-state index is 13.5. The Balaban J connectivity index is 2.21. The van der Waals surface area contributed by atoms with Crippen LogP contribution >= 0.6 is 0 Å². The second-order valence-electron chi connectivity index (χ2n) is 4.04. The zero-order chi connectivity index (χ0) is 12.3. The van der Waals surface area contributed by atoms with Crippen LogP contribution in [0.2, 0.25) is 0 Å². The molecule has 0 spiro atoms. The largest absolute Gasteiger partial charge is 0.501 e. The van der Waals surface area contributed by atoms with E-state index in [0.29, 0.717) is 0 Å². The van der Waals surface area contributed by atoms with Gasteiger partial charge in [-0.1, -0.05) is 6.07 Å². The SMILES string of the molecule is COc1ccc(C(N)C2=COCCC2)cc1F. The molecule has 2 N–H and O–H groups in total. The van der Waals surface area contributed by atoms with Gasteiger partial charge in [0.15, 0.2) is 11.6 Å². The number of methoxy groups -OCH3 is 1. The molecular formula is C13H16FNO2. The molecule has 17 heavy (non-hydrogen) atoms. The highest BCUT2D eigenvalue weighted by Crippen LogP contribution is 2.28. The highest BCUT2D eigenvalue weighted by atomic mass is 19.1. The fourth-order valence-corrected chi connectivity index (χ4v) is 1.90. The molecule has 1 heterocycles. The van der Waals surface area contributed by atoms with Crippen molar-refractivity contribution in [3.8, 4) is 5.75 Å². The molecule has 2 rings (SSSR count). The van der Waals surface area contributed by atoms with Crippen molar-refractivity contribution in [3.63, 3.8) is 0 Å². The summed E-state index contributed by atoms with van der Waals surface area (Å²) in [5.41, 5.74) is 7.81. The maximum absolute atomic E-state index is 13.5. The molecule has 0 saturated carbocycles. The zero-order valence-corrected chi connectivity index (χ0v) is 9.78. The van der Waals surface area contributed by atoms with Crippen LogP contribution in [0.15, 0.2) is 30.0 Å². The lowest BCUT2D eigenvalue weighted by Crippen LogP contribution is -2.16. The summed E-state index contributed by atoms with van der Waals surface area (Å²) in [6.45, 7) is 0.729. The van der Waals surface area contributed by atoms with Gasteiger partial charge < -0.3 is 15.2 Å². The summed E-state index contributed by atoms with van der Waals surface area (Å²) in [6.07, 6.45) is 3.54. The van der Waals surface area contributed by atoms with Crippen molar-refractivity contribution in [2.75, 3.05) is 13.7 Å². The summed E-state index contributed by atoms with van der Waals surface area (Å²) in [5.74, 6) is -0.160. The average molecular weight is 237 g/mol. The van der Waals surface area contributed by atoms with E-state index in [2.05, 4.69) is 0 Å². The van der Waals surface area contributed by atoms with E-state index in [1.807, 2.05) is 0 Å². The van der Waals surface area contributed by atoms with E-state index in [1.165, 1.54) is 13.2 Å². The molecule has 1 unspecified atom stereocenters. The molecule has 0 fully saturated rings. The third-order valence-corrected chi connectivity index (χ3v) is 2.90. The van der Waals surface area contributed by atoms with Crippen LogP contribution < -0.4 is 10.5 Å². The van der Waals surface area contributed by atoms with Gasteiger partial charge in [-0.15, -0.1) is 0 Å². The van der Waals surface area contributed by atoms with Crippen molar-refractivity contribution in [3.05, 3.63) is 41.4 Å². The number of halogens is 1. The Hall–Kier alpha value is -1.55. The number of nitrogens with two attached hydrogens (primary N) is 1. The Kier molecular flexibility index (Phi) is 3.64. The predicted molar refractivity (Wildman–Crippen MR) is 63.1 cm³/mol. The summed E-state index contributed by atoms with van der Waals surface area (Å²) < 4.78 is 23.7. The molecule has 0 radical (unpaired) electrons. The van der Waals surface area contributed by atoms with Crippen LogP contribution in [0.4, 0.5) is 4.39 Å². The van der Waals surface area contributed by atoms with Crippen LogP contribution in [0.3, 0.4) is 0 Å². The molecular weight excluding hydrogens is 221 g/mol.